The van der Waals surface area contributed by atoms with Crippen molar-refractivity contribution >= 4 is 41.5 Å². The molecule has 6 N–H and O–H groups in total. The van der Waals surface area contributed by atoms with Crippen LogP contribution in [0.5, 0.6) is 0 Å². The fraction of sp³-hybridized carbons (Fsp3) is 0.750. The van der Waals surface area contributed by atoms with Crippen LogP contribution in [0, 0.1) is 0 Å². The third-order valence-electron chi connectivity index (χ3n) is 5.12. The molecule has 3 rings (SSSR count). The molecule has 3 saturated heterocycles. The van der Waals surface area contributed by atoms with Crippen LogP contribution in [-0.4, -0.2) is 68.2 Å². The Morgan fingerprint density at radius 2 is 1.69 bits per heavy atom. The summed E-state index contributed by atoms with van der Waals surface area (Å²) in [6.07, 6.45) is 6.94. The molecule has 0 aromatic heterocycles. The SMILES string of the molecule is CCCCCC(N)=O.O=C(O)CCCC[C@@H]1SC[C@@H]2NC(=O)N[C@@H]21.O=C1CCC(=O)N1O. The number of carboxylic acid groups (broad SMARTS) is 1. The van der Waals surface area contributed by atoms with Gasteiger partial charge in [0, 0.05) is 36.7 Å². The fourth-order valence-electron chi connectivity index (χ4n) is 3.38. The molecule has 5 amide bonds. The molecular weight excluding hydrogens is 440 g/mol. The van der Waals surface area contributed by atoms with Crippen molar-refractivity contribution in [2.24, 2.45) is 5.73 Å². The summed E-state index contributed by atoms with van der Waals surface area (Å²) in [5, 5.41) is 23.3. The van der Waals surface area contributed by atoms with Crippen LogP contribution < -0.4 is 16.4 Å². The highest BCUT2D eigenvalue weighted by Crippen LogP contribution is 2.33. The standard InChI is InChI=1S/C10H16N2O3S.C6H13NO.C4H5NO3/c13-8(14)4-2-1-3-7-9-6(5-16-7)11-10(15)12-9;1-2-3-4-5-6(7)8;6-3-1-2-4(7)5(3)8/h6-7,9H,1-5H2,(H,13,14)(H2,11,12,15);2-5H2,1H3,(H2,7,8);8H,1-2H2/t6-,7-,9-;;/m0../s1. The van der Waals surface area contributed by atoms with Gasteiger partial charge in [0.05, 0.1) is 12.1 Å². The molecule has 3 heterocycles. The van der Waals surface area contributed by atoms with E-state index in [2.05, 4.69) is 17.6 Å². The number of aliphatic carboxylic acids is 1. The average Bonchev–Trinajstić information content (AvgIpc) is 3.37. The van der Waals surface area contributed by atoms with Gasteiger partial charge in [-0.15, -0.1) is 0 Å². The third-order valence-corrected chi connectivity index (χ3v) is 6.63. The van der Waals surface area contributed by atoms with E-state index in [9.17, 15) is 24.0 Å². The van der Waals surface area contributed by atoms with E-state index in [1.54, 1.807) is 0 Å². The molecule has 0 unspecified atom stereocenters. The van der Waals surface area contributed by atoms with E-state index in [4.69, 9.17) is 16.0 Å². The lowest BCUT2D eigenvalue weighted by Crippen LogP contribution is -2.36. The lowest BCUT2D eigenvalue weighted by atomic mass is 10.0. The summed E-state index contributed by atoms with van der Waals surface area (Å²) in [6.45, 7) is 2.10. The first kappa shape index (κ1) is 27.7. The van der Waals surface area contributed by atoms with Crippen molar-refractivity contribution in [3.8, 4) is 0 Å². The van der Waals surface area contributed by atoms with Crippen molar-refractivity contribution in [2.45, 2.75) is 88.5 Å². The number of urea groups is 1. The zero-order chi connectivity index (χ0) is 24.1. The van der Waals surface area contributed by atoms with Gasteiger partial charge in [-0.3, -0.25) is 24.4 Å². The summed E-state index contributed by atoms with van der Waals surface area (Å²) in [5.41, 5.74) is 4.89. The highest BCUT2D eigenvalue weighted by Gasteiger charge is 2.42. The van der Waals surface area contributed by atoms with Crippen LogP contribution in [0.4, 0.5) is 4.79 Å². The molecule has 3 aliphatic heterocycles. The van der Waals surface area contributed by atoms with Crippen molar-refractivity contribution in [3.63, 3.8) is 0 Å². The number of thioether (sulfide) groups is 1. The lowest BCUT2D eigenvalue weighted by molar-refractivity contribution is -0.171. The largest absolute Gasteiger partial charge is 0.481 e. The number of hydrogen-bond acceptors (Lipinski definition) is 7. The molecule has 182 valence electrons. The smallest absolute Gasteiger partial charge is 0.315 e. The summed E-state index contributed by atoms with van der Waals surface area (Å²) >= 11 is 1.87. The maximum atomic E-state index is 11.1. The predicted molar refractivity (Wildman–Crippen MR) is 118 cm³/mol. The second-order valence-electron chi connectivity index (χ2n) is 7.78. The van der Waals surface area contributed by atoms with Gasteiger partial charge in [-0.2, -0.15) is 16.8 Å². The Bertz CT molecular complexity index is 660. The highest BCUT2D eigenvalue weighted by atomic mass is 32.2. The monoisotopic (exact) mass is 474 g/mol. The van der Waals surface area contributed by atoms with Gasteiger partial charge in [-0.25, -0.2) is 4.79 Å². The van der Waals surface area contributed by atoms with Crippen molar-refractivity contribution < 1.29 is 34.3 Å². The molecule has 0 spiro atoms. The average molecular weight is 475 g/mol. The van der Waals surface area contributed by atoms with Gasteiger partial charge >= 0.3 is 12.0 Å². The number of imide groups is 1. The molecule has 32 heavy (non-hydrogen) atoms. The van der Waals surface area contributed by atoms with Crippen molar-refractivity contribution in [3.05, 3.63) is 0 Å². The molecule has 12 heteroatoms. The van der Waals surface area contributed by atoms with Crippen LogP contribution in [-0.2, 0) is 19.2 Å². The van der Waals surface area contributed by atoms with Gasteiger partial charge < -0.3 is 21.5 Å². The summed E-state index contributed by atoms with van der Waals surface area (Å²) in [5.74, 6) is -0.955. The minimum atomic E-state index is -0.729. The number of carbonyl (C=O) groups excluding carboxylic acids is 4. The van der Waals surface area contributed by atoms with Gasteiger partial charge in [0.2, 0.25) is 5.91 Å². The highest BCUT2D eigenvalue weighted by molar-refractivity contribution is 8.00. The van der Waals surface area contributed by atoms with Gasteiger partial charge in [-0.05, 0) is 19.3 Å². The van der Waals surface area contributed by atoms with Crippen LogP contribution in [0.25, 0.3) is 0 Å². The molecule has 0 aromatic carbocycles. The maximum absolute atomic E-state index is 11.1. The number of hydroxylamine groups is 2. The van der Waals surface area contributed by atoms with Crippen LogP contribution in [0.1, 0.15) is 71.1 Å². The van der Waals surface area contributed by atoms with Gasteiger partial charge in [0.25, 0.3) is 11.8 Å². The minimum Gasteiger partial charge on any atom is -0.481 e. The van der Waals surface area contributed by atoms with Crippen molar-refractivity contribution in [1.82, 2.24) is 15.7 Å². The summed E-state index contributed by atoms with van der Waals surface area (Å²) in [6, 6.07) is 0.440. The molecule has 0 saturated carbocycles. The number of nitrogens with zero attached hydrogens (tertiary/aromatic N) is 1. The van der Waals surface area contributed by atoms with Gasteiger partial charge in [0.15, 0.2) is 0 Å². The molecule has 11 nitrogen and oxygen atoms in total. The summed E-state index contributed by atoms with van der Waals surface area (Å²) in [4.78, 5) is 52.0. The second kappa shape index (κ2) is 14.7. The van der Waals surface area contributed by atoms with Crippen LogP contribution in [0.15, 0.2) is 0 Å². The number of nitrogens with two attached hydrogens (primary N) is 1. The molecule has 3 fully saturated rings. The van der Waals surface area contributed by atoms with E-state index in [-0.39, 0.29) is 48.3 Å². The molecule has 3 aliphatic rings. The summed E-state index contributed by atoms with van der Waals surface area (Å²) < 4.78 is 0. The molecule has 0 aliphatic carbocycles. The fourth-order valence-corrected chi connectivity index (χ4v) is 4.92. The number of unbranched alkanes of at least 4 members (excludes halogenated alkanes) is 3. The normalized spacial score (nSPS) is 23.4. The number of amides is 5. The molecule has 3 atom stereocenters. The number of primary amides is 1. The zero-order valence-corrected chi connectivity index (χ0v) is 19.2. The van der Waals surface area contributed by atoms with Crippen LogP contribution in [0.2, 0.25) is 0 Å². The Kier molecular flexibility index (Phi) is 12.7. The van der Waals surface area contributed by atoms with E-state index < -0.39 is 17.8 Å². The molecule has 0 aromatic rings. The number of fused-ring (bicyclic) bond motifs is 1. The van der Waals surface area contributed by atoms with E-state index in [1.807, 2.05) is 11.8 Å². The Hall–Kier alpha value is -2.34. The summed E-state index contributed by atoms with van der Waals surface area (Å²) in [7, 11) is 0. The molecule has 0 radical (unpaired) electrons. The zero-order valence-electron chi connectivity index (χ0n) is 18.4. The predicted octanol–water partition coefficient (Wildman–Crippen LogP) is 1.37. The van der Waals surface area contributed by atoms with E-state index >= 15 is 0 Å². The number of nitrogens with one attached hydrogen (secondary N) is 2. The Morgan fingerprint density at radius 1 is 1.06 bits per heavy atom. The third kappa shape index (κ3) is 10.3. The molecule has 0 bridgehead atoms. The van der Waals surface area contributed by atoms with Crippen molar-refractivity contribution in [2.75, 3.05) is 5.75 Å². The van der Waals surface area contributed by atoms with Gasteiger partial charge in [0.1, 0.15) is 0 Å². The van der Waals surface area contributed by atoms with E-state index in [1.165, 1.54) is 0 Å². The first-order valence-electron chi connectivity index (χ1n) is 10.9. The first-order valence-corrected chi connectivity index (χ1v) is 11.9. The number of rotatable bonds is 9. The van der Waals surface area contributed by atoms with Crippen LogP contribution in [0.3, 0.4) is 0 Å². The maximum Gasteiger partial charge on any atom is 0.315 e. The minimum absolute atomic E-state index is 0.0640. The Morgan fingerprint density at radius 3 is 2.19 bits per heavy atom. The Labute approximate surface area is 191 Å². The number of hydrogen-bond donors (Lipinski definition) is 5. The Balaban J connectivity index is 0.000000270. The second-order valence-corrected chi connectivity index (χ2v) is 9.06. The van der Waals surface area contributed by atoms with E-state index in [0.717, 1.165) is 44.3 Å². The lowest BCUT2D eigenvalue weighted by Gasteiger charge is -2.16. The van der Waals surface area contributed by atoms with Crippen molar-refractivity contribution in [1.29, 1.82) is 0 Å². The first-order chi connectivity index (χ1) is 15.1. The van der Waals surface area contributed by atoms with E-state index in [0.29, 0.717) is 11.7 Å². The van der Waals surface area contributed by atoms with Gasteiger partial charge in [-0.1, -0.05) is 26.2 Å². The molecular formula is C20H34N4O7S. The number of carbonyl (C=O) groups is 5. The topological polar surface area (TPSA) is 179 Å². The quantitative estimate of drug-likeness (QED) is 0.144. The number of carboxylic acids is 1. The van der Waals surface area contributed by atoms with Crippen LogP contribution >= 0.6 is 11.8 Å².